The van der Waals surface area contributed by atoms with Gasteiger partial charge in [0.25, 0.3) is 0 Å². The Morgan fingerprint density at radius 1 is 1.42 bits per heavy atom. The summed E-state index contributed by atoms with van der Waals surface area (Å²) in [6, 6.07) is 9.02. The molecule has 0 aromatic heterocycles. The molecule has 1 heterocycles. The van der Waals surface area contributed by atoms with E-state index < -0.39 is 0 Å². The SMILES string of the molecule is CCOc1cccc(CNC2CSCC(C)(C)C2)c1. The molecule has 3 heteroatoms. The summed E-state index contributed by atoms with van der Waals surface area (Å²) in [7, 11) is 0. The largest absolute Gasteiger partial charge is 0.494 e. The molecule has 2 rings (SSSR count). The fourth-order valence-electron chi connectivity index (χ4n) is 2.57. The van der Waals surface area contributed by atoms with Crippen LogP contribution >= 0.6 is 11.8 Å². The van der Waals surface area contributed by atoms with Crippen LogP contribution in [0, 0.1) is 5.41 Å². The molecule has 0 radical (unpaired) electrons. The van der Waals surface area contributed by atoms with Crippen LogP contribution in [0.15, 0.2) is 24.3 Å². The molecule has 0 saturated carbocycles. The number of rotatable bonds is 5. The maximum Gasteiger partial charge on any atom is 0.119 e. The molecule has 0 bridgehead atoms. The first-order valence-electron chi connectivity index (χ1n) is 7.12. The molecule has 1 aliphatic rings. The molecule has 1 fully saturated rings. The predicted octanol–water partition coefficient (Wildman–Crippen LogP) is 3.71. The molecule has 1 aliphatic heterocycles. The summed E-state index contributed by atoms with van der Waals surface area (Å²) in [5.74, 6) is 3.49. The Hall–Kier alpha value is -0.670. The van der Waals surface area contributed by atoms with E-state index in [9.17, 15) is 0 Å². The van der Waals surface area contributed by atoms with Crippen LogP contribution < -0.4 is 10.1 Å². The van der Waals surface area contributed by atoms with Crippen LogP contribution in [0.2, 0.25) is 0 Å². The second kappa shape index (κ2) is 6.67. The number of ether oxygens (including phenoxy) is 1. The molecule has 106 valence electrons. The van der Waals surface area contributed by atoms with Crippen LogP contribution in [0.3, 0.4) is 0 Å². The van der Waals surface area contributed by atoms with Gasteiger partial charge in [0, 0.05) is 18.3 Å². The average Bonchev–Trinajstić information content (AvgIpc) is 2.36. The Kier molecular flexibility index (Phi) is 5.17. The lowest BCUT2D eigenvalue weighted by Gasteiger charge is -2.35. The van der Waals surface area contributed by atoms with Crippen LogP contribution in [-0.4, -0.2) is 24.2 Å². The molecule has 1 N–H and O–H groups in total. The molecular formula is C16H25NOS. The van der Waals surface area contributed by atoms with Gasteiger partial charge in [-0.15, -0.1) is 0 Å². The van der Waals surface area contributed by atoms with E-state index in [2.05, 4.69) is 49.1 Å². The van der Waals surface area contributed by atoms with E-state index in [1.807, 2.05) is 13.0 Å². The smallest absolute Gasteiger partial charge is 0.119 e. The lowest BCUT2D eigenvalue weighted by atomic mass is 9.88. The zero-order chi connectivity index (χ0) is 13.7. The van der Waals surface area contributed by atoms with Crippen LogP contribution in [0.4, 0.5) is 0 Å². The molecule has 2 nitrogen and oxygen atoms in total. The van der Waals surface area contributed by atoms with Gasteiger partial charge in [-0.3, -0.25) is 0 Å². The van der Waals surface area contributed by atoms with E-state index in [-0.39, 0.29) is 0 Å². The highest BCUT2D eigenvalue weighted by molar-refractivity contribution is 7.99. The van der Waals surface area contributed by atoms with Gasteiger partial charge >= 0.3 is 0 Å². The van der Waals surface area contributed by atoms with Crippen LogP contribution in [0.25, 0.3) is 0 Å². The van der Waals surface area contributed by atoms with Crippen molar-refractivity contribution in [3.63, 3.8) is 0 Å². The minimum atomic E-state index is 0.466. The van der Waals surface area contributed by atoms with Crippen molar-refractivity contribution in [3.05, 3.63) is 29.8 Å². The van der Waals surface area contributed by atoms with E-state index in [4.69, 9.17) is 4.74 Å². The molecule has 1 aromatic rings. The summed E-state index contributed by atoms with van der Waals surface area (Å²) in [5, 5.41) is 3.69. The van der Waals surface area contributed by atoms with Crippen molar-refractivity contribution in [1.29, 1.82) is 0 Å². The summed E-state index contributed by atoms with van der Waals surface area (Å²) in [6.45, 7) is 8.41. The second-order valence-corrected chi connectivity index (χ2v) is 7.07. The number of thioether (sulfide) groups is 1. The van der Waals surface area contributed by atoms with E-state index >= 15 is 0 Å². The Balaban J connectivity index is 1.86. The van der Waals surface area contributed by atoms with Gasteiger partial charge in [-0.1, -0.05) is 26.0 Å². The molecule has 1 unspecified atom stereocenters. The van der Waals surface area contributed by atoms with Gasteiger partial charge in [-0.25, -0.2) is 0 Å². The lowest BCUT2D eigenvalue weighted by Crippen LogP contribution is -2.39. The highest BCUT2D eigenvalue weighted by Gasteiger charge is 2.27. The third-order valence-corrected chi connectivity index (χ3v) is 5.04. The molecule has 19 heavy (non-hydrogen) atoms. The number of nitrogens with one attached hydrogen (secondary N) is 1. The minimum absolute atomic E-state index is 0.466. The zero-order valence-corrected chi connectivity index (χ0v) is 13.1. The third-order valence-electron chi connectivity index (χ3n) is 3.42. The molecule has 1 saturated heterocycles. The zero-order valence-electron chi connectivity index (χ0n) is 12.2. The number of benzene rings is 1. The normalized spacial score (nSPS) is 22.2. The van der Waals surface area contributed by atoms with Crippen molar-refractivity contribution in [2.24, 2.45) is 5.41 Å². The van der Waals surface area contributed by atoms with Crippen molar-refractivity contribution in [3.8, 4) is 5.75 Å². The van der Waals surface area contributed by atoms with Crippen molar-refractivity contribution in [2.75, 3.05) is 18.1 Å². The van der Waals surface area contributed by atoms with Gasteiger partial charge < -0.3 is 10.1 Å². The lowest BCUT2D eigenvalue weighted by molar-refractivity contribution is 0.316. The maximum absolute atomic E-state index is 5.54. The summed E-state index contributed by atoms with van der Waals surface area (Å²) in [6.07, 6.45) is 1.27. The maximum atomic E-state index is 5.54. The van der Waals surface area contributed by atoms with Gasteiger partial charge in [-0.2, -0.15) is 11.8 Å². The van der Waals surface area contributed by atoms with Crippen LogP contribution in [-0.2, 0) is 6.54 Å². The van der Waals surface area contributed by atoms with E-state index in [0.717, 1.165) is 18.9 Å². The van der Waals surface area contributed by atoms with Crippen LogP contribution in [0.1, 0.15) is 32.8 Å². The minimum Gasteiger partial charge on any atom is -0.494 e. The first-order valence-corrected chi connectivity index (χ1v) is 8.27. The van der Waals surface area contributed by atoms with Crippen LogP contribution in [0.5, 0.6) is 5.75 Å². The summed E-state index contributed by atoms with van der Waals surface area (Å²) < 4.78 is 5.54. The summed E-state index contributed by atoms with van der Waals surface area (Å²) in [5.41, 5.74) is 1.77. The standard InChI is InChI=1S/C16H25NOS/c1-4-18-15-7-5-6-13(8-15)10-17-14-9-16(2,3)12-19-11-14/h5-8,14,17H,4,9-12H2,1-3H3. The first kappa shape index (κ1) is 14.7. The second-order valence-electron chi connectivity index (χ2n) is 6.04. The fraction of sp³-hybridized carbons (Fsp3) is 0.625. The Labute approximate surface area is 121 Å². The quantitative estimate of drug-likeness (QED) is 0.888. The highest BCUT2D eigenvalue weighted by atomic mass is 32.2. The number of hydrogen-bond acceptors (Lipinski definition) is 3. The molecular weight excluding hydrogens is 254 g/mol. The van der Waals surface area contributed by atoms with Gasteiger partial charge in [0.1, 0.15) is 5.75 Å². The van der Waals surface area contributed by atoms with Gasteiger partial charge in [-0.05, 0) is 42.2 Å². The average molecular weight is 279 g/mol. The third kappa shape index (κ3) is 4.73. The van der Waals surface area contributed by atoms with Gasteiger partial charge in [0.2, 0.25) is 0 Å². The van der Waals surface area contributed by atoms with Crippen molar-refractivity contribution < 1.29 is 4.74 Å². The number of hydrogen-bond donors (Lipinski definition) is 1. The Morgan fingerprint density at radius 2 is 2.26 bits per heavy atom. The Bertz CT molecular complexity index is 405. The Morgan fingerprint density at radius 3 is 3.00 bits per heavy atom. The van der Waals surface area contributed by atoms with Gasteiger partial charge in [0.15, 0.2) is 0 Å². The molecule has 1 aromatic carbocycles. The van der Waals surface area contributed by atoms with Crippen molar-refractivity contribution in [2.45, 2.75) is 39.8 Å². The molecule has 0 amide bonds. The monoisotopic (exact) mass is 279 g/mol. The van der Waals surface area contributed by atoms with Gasteiger partial charge in [0.05, 0.1) is 6.61 Å². The summed E-state index contributed by atoms with van der Waals surface area (Å²) in [4.78, 5) is 0. The van der Waals surface area contributed by atoms with E-state index in [1.54, 1.807) is 0 Å². The first-order chi connectivity index (χ1) is 9.09. The predicted molar refractivity (Wildman–Crippen MR) is 84.0 cm³/mol. The van der Waals surface area contributed by atoms with Crippen molar-refractivity contribution >= 4 is 11.8 Å². The highest BCUT2D eigenvalue weighted by Crippen LogP contribution is 2.33. The molecule has 0 aliphatic carbocycles. The van der Waals surface area contributed by atoms with E-state index in [0.29, 0.717) is 11.5 Å². The molecule has 1 atom stereocenters. The fourth-order valence-corrected chi connectivity index (χ4v) is 3.88. The topological polar surface area (TPSA) is 21.3 Å². The van der Waals surface area contributed by atoms with Crippen molar-refractivity contribution in [1.82, 2.24) is 5.32 Å². The summed E-state index contributed by atoms with van der Waals surface area (Å²) >= 11 is 2.07. The van der Waals surface area contributed by atoms with E-state index in [1.165, 1.54) is 23.5 Å². The molecule has 0 spiro atoms.